The highest BCUT2D eigenvalue weighted by atomic mass is 79.9. The molecule has 1 aromatic rings. The summed E-state index contributed by atoms with van der Waals surface area (Å²) in [5.74, 6) is 0.694. The fraction of sp³-hybridized carbons (Fsp3) is 0.571. The van der Waals surface area contributed by atoms with Crippen LogP contribution >= 0.6 is 27.5 Å². The summed E-state index contributed by atoms with van der Waals surface area (Å²) in [6.07, 6.45) is 1.19. The van der Waals surface area contributed by atoms with Crippen molar-refractivity contribution < 1.29 is 14.8 Å². The van der Waals surface area contributed by atoms with Crippen molar-refractivity contribution in [3.63, 3.8) is 0 Å². The molecule has 19 heavy (non-hydrogen) atoms. The van der Waals surface area contributed by atoms with Crippen LogP contribution in [0.5, 0.6) is 5.75 Å². The number of quaternary nitrogens is 1. The first-order valence-corrected chi connectivity index (χ1v) is 7.79. The van der Waals surface area contributed by atoms with E-state index < -0.39 is 0 Å². The van der Waals surface area contributed by atoms with E-state index in [2.05, 4.69) is 35.1 Å². The minimum atomic E-state index is 0.519. The molecular formula is C14H22BrClNO2+. The minimum Gasteiger partial charge on any atom is -0.490 e. The second-order valence-electron chi connectivity index (χ2n) is 4.45. The lowest BCUT2D eigenvalue weighted by Gasteiger charge is -2.10. The summed E-state index contributed by atoms with van der Waals surface area (Å²) in [6.45, 7) is 7.26. The summed E-state index contributed by atoms with van der Waals surface area (Å²) < 4.78 is 12.0. The van der Waals surface area contributed by atoms with Crippen molar-refractivity contribution in [3.05, 3.63) is 27.7 Å². The van der Waals surface area contributed by atoms with E-state index >= 15 is 0 Å². The third-order valence-electron chi connectivity index (χ3n) is 2.85. The second-order valence-corrected chi connectivity index (χ2v) is 5.77. The number of hydrogen-bond acceptors (Lipinski definition) is 2. The molecule has 0 aliphatic rings. The molecule has 0 amide bonds. The van der Waals surface area contributed by atoms with E-state index in [-0.39, 0.29) is 0 Å². The van der Waals surface area contributed by atoms with Gasteiger partial charge in [0.1, 0.15) is 12.4 Å². The lowest BCUT2D eigenvalue weighted by Crippen LogP contribution is -2.90. The van der Waals surface area contributed by atoms with Crippen LogP contribution in [0.3, 0.4) is 0 Å². The van der Waals surface area contributed by atoms with E-state index in [4.69, 9.17) is 21.1 Å². The first-order chi connectivity index (χ1) is 9.13. The van der Waals surface area contributed by atoms with Gasteiger partial charge in [-0.05, 0) is 31.5 Å². The number of halogens is 2. The molecule has 0 heterocycles. The summed E-state index contributed by atoms with van der Waals surface area (Å²) in [5.41, 5.74) is 0. The fourth-order valence-electron chi connectivity index (χ4n) is 1.51. The monoisotopic (exact) mass is 350 g/mol. The van der Waals surface area contributed by atoms with Crippen LogP contribution in [0.4, 0.5) is 0 Å². The van der Waals surface area contributed by atoms with Crippen LogP contribution in [0, 0.1) is 0 Å². The Hall–Kier alpha value is -0.290. The summed E-state index contributed by atoms with van der Waals surface area (Å²) in [6, 6.07) is 6.24. The fourth-order valence-corrected chi connectivity index (χ4v) is 2.24. The summed E-state index contributed by atoms with van der Waals surface area (Å²) >= 11 is 9.40. The van der Waals surface area contributed by atoms with Crippen molar-refractivity contribution in [2.45, 2.75) is 26.3 Å². The molecule has 1 rings (SSSR count). The number of rotatable bonds is 9. The Bertz CT molecular complexity index is 376. The smallest absolute Gasteiger partial charge is 0.138 e. The van der Waals surface area contributed by atoms with Crippen LogP contribution in [0.2, 0.25) is 5.02 Å². The van der Waals surface area contributed by atoms with Gasteiger partial charge >= 0.3 is 0 Å². The molecule has 0 radical (unpaired) electrons. The van der Waals surface area contributed by atoms with Gasteiger partial charge in [-0.2, -0.15) is 0 Å². The zero-order valence-electron chi connectivity index (χ0n) is 11.5. The lowest BCUT2D eigenvalue weighted by molar-refractivity contribution is -0.687. The zero-order chi connectivity index (χ0) is 14.1. The largest absolute Gasteiger partial charge is 0.490 e. The van der Waals surface area contributed by atoms with Gasteiger partial charge < -0.3 is 14.8 Å². The van der Waals surface area contributed by atoms with Gasteiger partial charge in [0, 0.05) is 4.47 Å². The molecule has 0 saturated heterocycles. The Morgan fingerprint density at radius 2 is 2.11 bits per heavy atom. The van der Waals surface area contributed by atoms with Gasteiger partial charge in [0.2, 0.25) is 0 Å². The normalized spacial score (nSPS) is 12.4. The highest BCUT2D eigenvalue weighted by molar-refractivity contribution is 9.10. The third-order valence-corrected chi connectivity index (χ3v) is 3.64. The third kappa shape index (κ3) is 7.16. The SMILES string of the molecule is CC[C@@H](C)[NH2+]CCOCCOc1ccc(Br)cc1Cl. The Morgan fingerprint density at radius 1 is 1.32 bits per heavy atom. The van der Waals surface area contributed by atoms with Crippen LogP contribution in [0.15, 0.2) is 22.7 Å². The van der Waals surface area contributed by atoms with E-state index in [1.165, 1.54) is 6.42 Å². The van der Waals surface area contributed by atoms with Gasteiger partial charge in [0.25, 0.3) is 0 Å². The Kier molecular flexibility index (Phi) is 8.46. The van der Waals surface area contributed by atoms with Crippen LogP contribution in [-0.2, 0) is 4.74 Å². The van der Waals surface area contributed by atoms with Crippen LogP contribution in [0.25, 0.3) is 0 Å². The highest BCUT2D eigenvalue weighted by Gasteiger charge is 2.02. The van der Waals surface area contributed by atoms with E-state index in [1.54, 1.807) is 0 Å². The Morgan fingerprint density at radius 3 is 2.79 bits per heavy atom. The number of hydrogen-bond donors (Lipinski definition) is 1. The van der Waals surface area contributed by atoms with Gasteiger partial charge in [-0.25, -0.2) is 0 Å². The predicted octanol–water partition coefficient (Wildman–Crippen LogP) is 2.86. The molecule has 108 valence electrons. The molecule has 0 bridgehead atoms. The van der Waals surface area contributed by atoms with E-state index in [1.807, 2.05) is 18.2 Å². The molecule has 0 saturated carbocycles. The molecule has 3 nitrogen and oxygen atoms in total. The quantitative estimate of drug-likeness (QED) is 0.694. The molecule has 2 N–H and O–H groups in total. The number of ether oxygens (including phenoxy) is 2. The Balaban J connectivity index is 2.07. The average Bonchev–Trinajstić information content (AvgIpc) is 2.39. The first kappa shape index (κ1) is 16.8. The van der Waals surface area contributed by atoms with Gasteiger partial charge in [0.15, 0.2) is 0 Å². The number of nitrogens with two attached hydrogens (primary N) is 1. The Labute approximate surface area is 128 Å². The van der Waals surface area contributed by atoms with Crippen molar-refractivity contribution in [3.8, 4) is 5.75 Å². The molecule has 0 aliphatic carbocycles. The summed E-state index contributed by atoms with van der Waals surface area (Å²) in [7, 11) is 0. The second kappa shape index (κ2) is 9.59. The highest BCUT2D eigenvalue weighted by Crippen LogP contribution is 2.27. The summed E-state index contributed by atoms with van der Waals surface area (Å²) in [4.78, 5) is 0. The van der Waals surface area contributed by atoms with Crippen molar-refractivity contribution in [1.29, 1.82) is 0 Å². The maximum atomic E-state index is 6.04. The van der Waals surface area contributed by atoms with Crippen molar-refractivity contribution >= 4 is 27.5 Å². The molecule has 0 aliphatic heterocycles. The molecule has 1 aromatic carbocycles. The van der Waals surface area contributed by atoms with E-state index in [0.29, 0.717) is 30.0 Å². The van der Waals surface area contributed by atoms with Crippen LogP contribution in [0.1, 0.15) is 20.3 Å². The molecule has 5 heteroatoms. The maximum Gasteiger partial charge on any atom is 0.138 e. The van der Waals surface area contributed by atoms with Gasteiger partial charge in [-0.15, -0.1) is 0 Å². The van der Waals surface area contributed by atoms with E-state index in [0.717, 1.165) is 17.6 Å². The summed E-state index contributed by atoms with van der Waals surface area (Å²) in [5, 5.41) is 2.91. The zero-order valence-corrected chi connectivity index (χ0v) is 13.8. The van der Waals surface area contributed by atoms with Crippen LogP contribution < -0.4 is 10.1 Å². The average molecular weight is 352 g/mol. The maximum absolute atomic E-state index is 6.04. The molecule has 0 unspecified atom stereocenters. The van der Waals surface area contributed by atoms with Crippen LogP contribution in [-0.4, -0.2) is 32.4 Å². The first-order valence-electron chi connectivity index (χ1n) is 6.62. The van der Waals surface area contributed by atoms with Gasteiger partial charge in [-0.3, -0.25) is 0 Å². The molecule has 0 fully saturated rings. The molecule has 1 atom stereocenters. The topological polar surface area (TPSA) is 35.1 Å². The van der Waals surface area contributed by atoms with Gasteiger partial charge in [-0.1, -0.05) is 34.5 Å². The van der Waals surface area contributed by atoms with Gasteiger partial charge in [0.05, 0.1) is 30.8 Å². The molecule has 0 spiro atoms. The lowest BCUT2D eigenvalue weighted by atomic mass is 10.3. The van der Waals surface area contributed by atoms with Crippen molar-refractivity contribution in [1.82, 2.24) is 0 Å². The number of benzene rings is 1. The minimum absolute atomic E-state index is 0.519. The van der Waals surface area contributed by atoms with Crippen molar-refractivity contribution in [2.75, 3.05) is 26.4 Å². The predicted molar refractivity (Wildman–Crippen MR) is 82.0 cm³/mol. The molecular weight excluding hydrogens is 330 g/mol. The molecule has 0 aromatic heterocycles. The van der Waals surface area contributed by atoms with Crippen molar-refractivity contribution in [2.24, 2.45) is 0 Å². The standard InChI is InChI=1S/C14H21BrClNO2/c1-3-11(2)17-6-7-18-8-9-19-14-5-4-12(15)10-13(14)16/h4-5,10-11,17H,3,6-9H2,1-2H3/p+1/t11-/m1/s1. The van der Waals surface area contributed by atoms with E-state index in [9.17, 15) is 0 Å².